The van der Waals surface area contributed by atoms with Crippen LogP contribution in [0.1, 0.15) is 0 Å². The lowest BCUT2D eigenvalue weighted by molar-refractivity contribution is 1.06. The summed E-state index contributed by atoms with van der Waals surface area (Å²) in [5.41, 5.74) is 11.4. The minimum Gasteiger partial charge on any atom is -0.309 e. The first-order valence-electron chi connectivity index (χ1n) is 22.6. The Morgan fingerprint density at radius 1 is 0.235 bits per heavy atom. The molecule has 0 fully saturated rings. The first kappa shape index (κ1) is 39.0. The van der Waals surface area contributed by atoms with Crippen molar-refractivity contribution in [2.75, 3.05) is 0 Å². The predicted molar refractivity (Wildman–Crippen MR) is 275 cm³/mol. The summed E-state index contributed by atoms with van der Waals surface area (Å²) in [7, 11) is 0. The van der Waals surface area contributed by atoms with Crippen molar-refractivity contribution in [2.45, 2.75) is 0 Å². The maximum absolute atomic E-state index is 5.46. The largest absolute Gasteiger partial charge is 0.309 e. The molecule has 9 aromatic carbocycles. The molecule has 0 aliphatic carbocycles. The first-order valence-corrected chi connectivity index (χ1v) is 22.6. The molecule has 8 nitrogen and oxygen atoms in total. The fourth-order valence-corrected chi connectivity index (χ4v) is 9.48. The van der Waals surface area contributed by atoms with Gasteiger partial charge in [-0.05, 0) is 54.6 Å². The Balaban J connectivity index is 1.09. The lowest BCUT2D eigenvalue weighted by atomic mass is 10.0. The van der Waals surface area contributed by atoms with Crippen LogP contribution < -0.4 is 0 Å². The molecule has 0 bridgehead atoms. The smallest absolute Gasteiger partial charge is 0.166 e. The van der Waals surface area contributed by atoms with Crippen LogP contribution in [-0.2, 0) is 0 Å². The third-order valence-electron chi connectivity index (χ3n) is 12.6. The van der Waals surface area contributed by atoms with Gasteiger partial charge < -0.3 is 9.13 Å². The van der Waals surface area contributed by atoms with Crippen LogP contribution in [0.4, 0.5) is 0 Å². The van der Waals surface area contributed by atoms with Crippen molar-refractivity contribution in [1.29, 1.82) is 0 Å². The minimum atomic E-state index is 0.511. The van der Waals surface area contributed by atoms with Gasteiger partial charge >= 0.3 is 0 Å². The van der Waals surface area contributed by atoms with E-state index in [1.807, 2.05) is 97.1 Å². The van der Waals surface area contributed by atoms with E-state index >= 15 is 0 Å². The molecule has 13 aromatic rings. The number of aromatic nitrogens is 8. The zero-order valence-electron chi connectivity index (χ0n) is 36.5. The third-order valence-corrected chi connectivity index (χ3v) is 12.6. The first-order chi connectivity index (χ1) is 33.7. The Morgan fingerprint density at radius 2 is 0.588 bits per heavy atom. The molecule has 318 valence electrons. The Hall–Kier alpha value is -9.40. The van der Waals surface area contributed by atoms with Crippen molar-refractivity contribution in [3.63, 3.8) is 0 Å². The molecule has 0 atom stereocenters. The van der Waals surface area contributed by atoms with Crippen LogP contribution in [0.2, 0.25) is 0 Å². The average molecular weight is 871 g/mol. The van der Waals surface area contributed by atoms with Crippen LogP contribution in [0.3, 0.4) is 0 Å². The highest BCUT2D eigenvalue weighted by Gasteiger charge is 2.23. The fraction of sp³-hybridized carbons (Fsp3) is 0. The van der Waals surface area contributed by atoms with Crippen molar-refractivity contribution < 1.29 is 0 Å². The fourth-order valence-electron chi connectivity index (χ4n) is 9.48. The standard InChI is InChI=1S/C60H38N8/c1-5-19-39(20-6-1)55-61-56(40-21-7-2-8-22-40)63-58(62-55)42-34-36-53(68-51-31-17-14-27-45(51)46-28-15-18-32-52(46)68)49(37-42)60-65-57(41-23-9-3-10-24-41)64-59(66-60)43-33-35-48-47-29-13-16-30-50(47)67(54(48)38-43)44-25-11-4-12-26-44/h1-38H. The number of fused-ring (bicyclic) bond motifs is 6. The molecule has 0 N–H and O–H groups in total. The van der Waals surface area contributed by atoms with Gasteiger partial charge in [-0.25, -0.2) is 29.9 Å². The van der Waals surface area contributed by atoms with Crippen molar-refractivity contribution >= 4 is 43.6 Å². The summed E-state index contributed by atoms with van der Waals surface area (Å²) in [6, 6.07) is 79.3. The Morgan fingerprint density at radius 3 is 1.07 bits per heavy atom. The second-order valence-electron chi connectivity index (χ2n) is 16.7. The highest BCUT2D eigenvalue weighted by Crippen LogP contribution is 2.39. The molecule has 4 aromatic heterocycles. The van der Waals surface area contributed by atoms with Crippen LogP contribution >= 0.6 is 0 Å². The molecule has 0 unspecified atom stereocenters. The molecule has 0 radical (unpaired) electrons. The molecule has 0 aliphatic rings. The van der Waals surface area contributed by atoms with Crippen LogP contribution in [0.5, 0.6) is 0 Å². The Bertz CT molecular complexity index is 3900. The maximum Gasteiger partial charge on any atom is 0.166 e. The van der Waals surface area contributed by atoms with E-state index < -0.39 is 0 Å². The molecule has 0 aliphatic heterocycles. The monoisotopic (exact) mass is 870 g/mol. The molecule has 0 saturated carbocycles. The van der Waals surface area contributed by atoms with E-state index in [9.17, 15) is 0 Å². The van der Waals surface area contributed by atoms with Gasteiger partial charge in [-0.15, -0.1) is 0 Å². The highest BCUT2D eigenvalue weighted by atomic mass is 15.1. The molecular weight excluding hydrogens is 833 g/mol. The summed E-state index contributed by atoms with van der Waals surface area (Å²) in [6.45, 7) is 0. The highest BCUT2D eigenvalue weighted by molar-refractivity contribution is 6.11. The lowest BCUT2D eigenvalue weighted by Gasteiger charge is -2.16. The van der Waals surface area contributed by atoms with Gasteiger partial charge in [0, 0.05) is 60.6 Å². The predicted octanol–water partition coefficient (Wildman–Crippen LogP) is 14.3. The van der Waals surface area contributed by atoms with E-state index in [1.165, 1.54) is 5.39 Å². The summed E-state index contributed by atoms with van der Waals surface area (Å²) >= 11 is 0. The second-order valence-corrected chi connectivity index (χ2v) is 16.7. The van der Waals surface area contributed by atoms with E-state index in [1.54, 1.807) is 0 Å². The van der Waals surface area contributed by atoms with Gasteiger partial charge in [0.1, 0.15) is 0 Å². The molecule has 0 amide bonds. The van der Waals surface area contributed by atoms with Crippen LogP contribution in [-0.4, -0.2) is 39.0 Å². The molecule has 0 spiro atoms. The van der Waals surface area contributed by atoms with Crippen molar-refractivity contribution in [3.05, 3.63) is 231 Å². The van der Waals surface area contributed by atoms with Crippen LogP contribution in [0.15, 0.2) is 231 Å². The quantitative estimate of drug-likeness (QED) is 0.151. The van der Waals surface area contributed by atoms with E-state index in [-0.39, 0.29) is 0 Å². The van der Waals surface area contributed by atoms with Gasteiger partial charge in [0.25, 0.3) is 0 Å². The SMILES string of the molecule is c1ccc(-c2nc(-c3ccccc3)nc(-c3ccc(-n4c5ccccc5c5ccccc54)c(-c4nc(-c5ccccc5)nc(-c5ccc6c7ccccc7n(-c7ccccc7)c6c5)n4)c3)n2)cc1. The summed E-state index contributed by atoms with van der Waals surface area (Å²) in [5.74, 6) is 3.32. The normalized spacial score (nSPS) is 11.5. The molecular formula is C60H38N8. The average Bonchev–Trinajstić information content (AvgIpc) is 3.94. The van der Waals surface area contributed by atoms with E-state index in [0.717, 1.165) is 83.0 Å². The zero-order valence-corrected chi connectivity index (χ0v) is 36.5. The summed E-state index contributed by atoms with van der Waals surface area (Å²) in [6.07, 6.45) is 0. The molecule has 68 heavy (non-hydrogen) atoms. The number of hydrogen-bond acceptors (Lipinski definition) is 6. The van der Waals surface area contributed by atoms with Crippen LogP contribution in [0.25, 0.3) is 123 Å². The molecule has 0 saturated heterocycles. The molecule has 8 heteroatoms. The number of hydrogen-bond donors (Lipinski definition) is 0. The maximum atomic E-state index is 5.46. The van der Waals surface area contributed by atoms with Gasteiger partial charge in [-0.2, -0.15) is 0 Å². The van der Waals surface area contributed by atoms with Gasteiger partial charge in [-0.3, -0.25) is 0 Å². The second kappa shape index (κ2) is 16.2. The lowest BCUT2D eigenvalue weighted by Crippen LogP contribution is -2.05. The van der Waals surface area contributed by atoms with Gasteiger partial charge in [0.15, 0.2) is 34.9 Å². The van der Waals surface area contributed by atoms with E-state index in [4.69, 9.17) is 29.9 Å². The summed E-state index contributed by atoms with van der Waals surface area (Å²) in [4.78, 5) is 31.4. The minimum absolute atomic E-state index is 0.511. The number of benzene rings is 9. The molecule has 4 heterocycles. The third kappa shape index (κ3) is 6.70. The molecule has 13 rings (SSSR count). The number of para-hydroxylation sites is 4. The van der Waals surface area contributed by atoms with E-state index in [0.29, 0.717) is 34.9 Å². The Kier molecular flexibility index (Phi) is 9.31. The van der Waals surface area contributed by atoms with Gasteiger partial charge in [0.2, 0.25) is 0 Å². The topological polar surface area (TPSA) is 87.2 Å². The summed E-state index contributed by atoms with van der Waals surface area (Å²) < 4.78 is 4.64. The number of nitrogens with zero attached hydrogens (tertiary/aromatic N) is 8. The summed E-state index contributed by atoms with van der Waals surface area (Å²) in [5, 5.41) is 4.63. The van der Waals surface area contributed by atoms with E-state index in [2.05, 4.69) is 143 Å². The zero-order chi connectivity index (χ0) is 45.0. The Labute approximate surface area is 391 Å². The van der Waals surface area contributed by atoms with Crippen LogP contribution in [0, 0.1) is 0 Å². The van der Waals surface area contributed by atoms with Crippen molar-refractivity contribution in [1.82, 2.24) is 39.0 Å². The van der Waals surface area contributed by atoms with Gasteiger partial charge in [0.05, 0.1) is 27.8 Å². The number of rotatable bonds is 8. The van der Waals surface area contributed by atoms with Crippen molar-refractivity contribution in [3.8, 4) is 79.7 Å². The van der Waals surface area contributed by atoms with Crippen molar-refractivity contribution in [2.24, 2.45) is 0 Å². The van der Waals surface area contributed by atoms with Gasteiger partial charge in [-0.1, -0.05) is 176 Å².